The van der Waals surface area contributed by atoms with Crippen LogP contribution in [0.3, 0.4) is 0 Å². The zero-order valence-corrected chi connectivity index (χ0v) is 15.3. The number of fused-ring (bicyclic) bond motifs is 1. The van der Waals surface area contributed by atoms with Crippen molar-refractivity contribution in [2.75, 3.05) is 33.2 Å². The van der Waals surface area contributed by atoms with E-state index in [4.69, 9.17) is 0 Å². The number of imide groups is 1. The Morgan fingerprint density at radius 2 is 1.64 bits per heavy atom. The third-order valence-corrected chi connectivity index (χ3v) is 6.25. The van der Waals surface area contributed by atoms with Crippen molar-refractivity contribution in [2.45, 2.75) is 51.4 Å². The SMILES string of the molecule is CNCCC1CCN(C(=O)CCN2C(=O)C3CCCCC3C2=O)CC1. The molecule has 2 aliphatic heterocycles. The maximum absolute atomic E-state index is 12.5. The highest BCUT2D eigenvalue weighted by atomic mass is 16.2. The molecule has 0 aromatic rings. The van der Waals surface area contributed by atoms with E-state index in [2.05, 4.69) is 5.32 Å². The molecular formula is C19H31N3O3. The van der Waals surface area contributed by atoms with Crippen LogP contribution < -0.4 is 5.32 Å². The summed E-state index contributed by atoms with van der Waals surface area (Å²) in [6, 6.07) is 0. The third-order valence-electron chi connectivity index (χ3n) is 6.25. The van der Waals surface area contributed by atoms with Crippen molar-refractivity contribution in [2.24, 2.45) is 17.8 Å². The second-order valence-electron chi connectivity index (χ2n) is 7.79. The molecule has 3 aliphatic rings. The molecular weight excluding hydrogens is 318 g/mol. The number of carbonyl (C=O) groups is 3. The lowest BCUT2D eigenvalue weighted by atomic mass is 9.81. The number of nitrogens with zero attached hydrogens (tertiary/aromatic N) is 2. The fourth-order valence-corrected chi connectivity index (χ4v) is 4.64. The minimum Gasteiger partial charge on any atom is -0.343 e. The second-order valence-corrected chi connectivity index (χ2v) is 7.79. The molecule has 6 heteroatoms. The number of piperidine rings is 1. The summed E-state index contributed by atoms with van der Waals surface area (Å²) in [6.45, 7) is 2.91. The van der Waals surface area contributed by atoms with Crippen molar-refractivity contribution >= 4 is 17.7 Å². The van der Waals surface area contributed by atoms with E-state index < -0.39 is 0 Å². The molecule has 2 unspecified atom stereocenters. The van der Waals surface area contributed by atoms with Gasteiger partial charge in [0, 0.05) is 26.1 Å². The normalized spacial score (nSPS) is 27.7. The first kappa shape index (κ1) is 18.4. The molecule has 6 nitrogen and oxygen atoms in total. The van der Waals surface area contributed by atoms with Crippen LogP contribution in [-0.4, -0.2) is 60.7 Å². The number of hydrogen-bond donors (Lipinski definition) is 1. The van der Waals surface area contributed by atoms with E-state index in [0.29, 0.717) is 5.92 Å². The second kappa shape index (κ2) is 8.30. The van der Waals surface area contributed by atoms with Crippen LogP contribution >= 0.6 is 0 Å². The van der Waals surface area contributed by atoms with Crippen LogP contribution in [0.4, 0.5) is 0 Å². The van der Waals surface area contributed by atoms with Gasteiger partial charge in [0.05, 0.1) is 11.8 Å². The molecule has 3 amide bonds. The summed E-state index contributed by atoms with van der Waals surface area (Å²) in [4.78, 5) is 40.7. The molecule has 0 bridgehead atoms. The van der Waals surface area contributed by atoms with Gasteiger partial charge in [0.25, 0.3) is 0 Å². The molecule has 3 fully saturated rings. The van der Waals surface area contributed by atoms with Crippen LogP contribution in [0.15, 0.2) is 0 Å². The van der Waals surface area contributed by atoms with Crippen molar-refractivity contribution in [1.82, 2.24) is 15.1 Å². The van der Waals surface area contributed by atoms with Gasteiger partial charge in [-0.05, 0) is 51.6 Å². The van der Waals surface area contributed by atoms with E-state index in [0.717, 1.165) is 64.6 Å². The minimum absolute atomic E-state index is 0.0340. The summed E-state index contributed by atoms with van der Waals surface area (Å²) in [5, 5.41) is 3.18. The van der Waals surface area contributed by atoms with Gasteiger partial charge in [-0.2, -0.15) is 0 Å². The topological polar surface area (TPSA) is 69.7 Å². The lowest BCUT2D eigenvalue weighted by molar-refractivity contribution is -0.141. The Morgan fingerprint density at radius 1 is 1.04 bits per heavy atom. The number of amides is 3. The summed E-state index contributed by atoms with van der Waals surface area (Å²) in [5.41, 5.74) is 0. The molecule has 0 aromatic heterocycles. The number of likely N-dealkylation sites (tertiary alicyclic amines) is 2. The van der Waals surface area contributed by atoms with Crippen LogP contribution in [0.5, 0.6) is 0 Å². The lowest BCUT2D eigenvalue weighted by Gasteiger charge is -2.32. The average molecular weight is 349 g/mol. The van der Waals surface area contributed by atoms with Crippen LogP contribution in [0.25, 0.3) is 0 Å². The molecule has 0 radical (unpaired) electrons. The van der Waals surface area contributed by atoms with E-state index >= 15 is 0 Å². The highest BCUT2D eigenvalue weighted by Crippen LogP contribution is 2.38. The molecule has 1 saturated carbocycles. The molecule has 25 heavy (non-hydrogen) atoms. The Balaban J connectivity index is 1.45. The standard InChI is InChI=1S/C19H31N3O3/c1-20-10-6-14-7-11-21(12-8-14)17(23)9-13-22-18(24)15-4-2-3-5-16(15)19(22)25/h14-16,20H,2-13H2,1H3. The van der Waals surface area contributed by atoms with E-state index in [1.54, 1.807) is 0 Å². The van der Waals surface area contributed by atoms with Crippen molar-refractivity contribution < 1.29 is 14.4 Å². The summed E-state index contributed by atoms with van der Waals surface area (Å²) >= 11 is 0. The van der Waals surface area contributed by atoms with Crippen molar-refractivity contribution in [3.63, 3.8) is 0 Å². The monoisotopic (exact) mass is 349 g/mol. The Morgan fingerprint density at radius 3 is 2.20 bits per heavy atom. The third kappa shape index (κ3) is 4.05. The molecule has 1 aliphatic carbocycles. The molecule has 0 spiro atoms. The first-order valence-corrected chi connectivity index (χ1v) is 9.89. The van der Waals surface area contributed by atoms with Crippen molar-refractivity contribution in [3.8, 4) is 0 Å². The Labute approximate surface area is 150 Å². The highest BCUT2D eigenvalue weighted by Gasteiger charge is 2.47. The largest absolute Gasteiger partial charge is 0.343 e. The fraction of sp³-hybridized carbons (Fsp3) is 0.842. The maximum atomic E-state index is 12.5. The van der Waals surface area contributed by atoms with Gasteiger partial charge in [-0.3, -0.25) is 19.3 Å². The smallest absolute Gasteiger partial charge is 0.233 e. The highest BCUT2D eigenvalue weighted by molar-refractivity contribution is 6.05. The van der Waals surface area contributed by atoms with E-state index in [9.17, 15) is 14.4 Å². The molecule has 1 N–H and O–H groups in total. The Bertz CT molecular complexity index is 490. The molecule has 140 valence electrons. The summed E-state index contributed by atoms with van der Waals surface area (Å²) in [6.07, 6.45) is 7.29. The minimum atomic E-state index is -0.112. The maximum Gasteiger partial charge on any atom is 0.233 e. The Hall–Kier alpha value is -1.43. The fourth-order valence-electron chi connectivity index (χ4n) is 4.64. The van der Waals surface area contributed by atoms with Crippen LogP contribution in [0.1, 0.15) is 51.4 Å². The molecule has 3 rings (SSSR count). The summed E-state index contributed by atoms with van der Waals surface area (Å²) in [7, 11) is 1.97. The quantitative estimate of drug-likeness (QED) is 0.736. The van der Waals surface area contributed by atoms with Gasteiger partial charge in [0.2, 0.25) is 17.7 Å². The number of rotatable bonds is 6. The van der Waals surface area contributed by atoms with E-state index in [-0.39, 0.29) is 42.5 Å². The molecule has 2 heterocycles. The van der Waals surface area contributed by atoms with Gasteiger partial charge in [-0.25, -0.2) is 0 Å². The van der Waals surface area contributed by atoms with Crippen LogP contribution in [0, 0.1) is 17.8 Å². The van der Waals surface area contributed by atoms with Gasteiger partial charge >= 0.3 is 0 Å². The predicted molar refractivity (Wildman–Crippen MR) is 94.6 cm³/mol. The first-order chi connectivity index (χ1) is 12.1. The number of hydrogen-bond acceptors (Lipinski definition) is 4. The lowest BCUT2D eigenvalue weighted by Crippen LogP contribution is -2.41. The van der Waals surface area contributed by atoms with Gasteiger partial charge in [-0.1, -0.05) is 12.8 Å². The van der Waals surface area contributed by atoms with Gasteiger partial charge < -0.3 is 10.2 Å². The average Bonchev–Trinajstić information content (AvgIpc) is 2.89. The summed E-state index contributed by atoms with van der Waals surface area (Å²) in [5.74, 6) is 0.490. The molecule has 2 atom stereocenters. The van der Waals surface area contributed by atoms with E-state index in [1.165, 1.54) is 4.90 Å². The Kier molecular flexibility index (Phi) is 6.10. The van der Waals surface area contributed by atoms with Gasteiger partial charge in [0.1, 0.15) is 0 Å². The molecule has 2 saturated heterocycles. The predicted octanol–water partition coefficient (Wildman–Crippen LogP) is 1.40. The molecule has 0 aromatic carbocycles. The summed E-state index contributed by atoms with van der Waals surface area (Å²) < 4.78 is 0. The van der Waals surface area contributed by atoms with Crippen molar-refractivity contribution in [3.05, 3.63) is 0 Å². The first-order valence-electron chi connectivity index (χ1n) is 9.89. The number of nitrogens with one attached hydrogen (secondary N) is 1. The zero-order chi connectivity index (χ0) is 17.8. The van der Waals surface area contributed by atoms with Gasteiger partial charge in [0.15, 0.2) is 0 Å². The van der Waals surface area contributed by atoms with Crippen molar-refractivity contribution in [1.29, 1.82) is 0 Å². The number of carbonyl (C=O) groups excluding carboxylic acids is 3. The van der Waals surface area contributed by atoms with E-state index in [1.807, 2.05) is 11.9 Å². The van der Waals surface area contributed by atoms with Crippen LogP contribution in [0.2, 0.25) is 0 Å². The zero-order valence-electron chi connectivity index (χ0n) is 15.3. The van der Waals surface area contributed by atoms with Gasteiger partial charge in [-0.15, -0.1) is 0 Å². The van der Waals surface area contributed by atoms with Crippen LogP contribution in [-0.2, 0) is 14.4 Å².